The van der Waals surface area contributed by atoms with Crippen LogP contribution in [0.3, 0.4) is 0 Å². The summed E-state index contributed by atoms with van der Waals surface area (Å²) in [6.45, 7) is 0. The maximum atomic E-state index is 13.0. The smallest absolute Gasteiger partial charge is 0.311 e. The summed E-state index contributed by atoms with van der Waals surface area (Å²) >= 11 is 4.74. The van der Waals surface area contributed by atoms with Gasteiger partial charge in [-0.15, -0.1) is 11.3 Å². The maximum absolute atomic E-state index is 13.0. The van der Waals surface area contributed by atoms with E-state index < -0.39 is 0 Å². The van der Waals surface area contributed by atoms with Gasteiger partial charge in [0.15, 0.2) is 0 Å². The number of hydrogen-bond acceptors (Lipinski definition) is 4. The van der Waals surface area contributed by atoms with Crippen molar-refractivity contribution in [2.75, 3.05) is 0 Å². The molecule has 1 aromatic heterocycles. The summed E-state index contributed by atoms with van der Waals surface area (Å²) in [7, 11) is 0. The Morgan fingerprint density at radius 2 is 2.09 bits per heavy atom. The monoisotopic (exact) mass is 379 g/mol. The van der Waals surface area contributed by atoms with Crippen LogP contribution in [0.4, 0.5) is 4.39 Å². The highest BCUT2D eigenvalue weighted by Crippen LogP contribution is 2.26. The van der Waals surface area contributed by atoms with Crippen LogP contribution in [0, 0.1) is 5.82 Å². The second-order valence-corrected chi connectivity index (χ2v) is 6.59. The highest BCUT2D eigenvalue weighted by atomic mass is 79.9. The van der Waals surface area contributed by atoms with Crippen LogP contribution < -0.4 is 4.74 Å². The molecular formula is C16H11BrFNO2S. The Balaban J connectivity index is 1.62. The molecule has 0 aliphatic heterocycles. The first kappa shape index (κ1) is 15.1. The predicted molar refractivity (Wildman–Crippen MR) is 87.7 cm³/mol. The minimum Gasteiger partial charge on any atom is -0.425 e. The molecule has 3 rings (SSSR count). The van der Waals surface area contributed by atoms with Gasteiger partial charge in [-0.2, -0.15) is 0 Å². The van der Waals surface area contributed by atoms with Gasteiger partial charge in [0, 0.05) is 6.42 Å². The molecule has 0 bridgehead atoms. The number of esters is 1. The van der Waals surface area contributed by atoms with Gasteiger partial charge in [-0.3, -0.25) is 4.79 Å². The molecule has 0 fully saturated rings. The first-order valence-corrected chi connectivity index (χ1v) is 8.23. The van der Waals surface area contributed by atoms with E-state index >= 15 is 0 Å². The Morgan fingerprint density at radius 1 is 1.27 bits per heavy atom. The van der Waals surface area contributed by atoms with Gasteiger partial charge >= 0.3 is 5.97 Å². The van der Waals surface area contributed by atoms with Gasteiger partial charge < -0.3 is 4.74 Å². The number of aryl methyl sites for hydroxylation is 1. The molecule has 0 aliphatic rings. The van der Waals surface area contributed by atoms with E-state index in [0.29, 0.717) is 16.6 Å². The summed E-state index contributed by atoms with van der Waals surface area (Å²) in [6, 6.07) is 11.8. The summed E-state index contributed by atoms with van der Waals surface area (Å²) in [5.41, 5.74) is 0.942. The molecule has 0 amide bonds. The third-order valence-corrected chi connectivity index (χ3v) is 4.71. The van der Waals surface area contributed by atoms with E-state index in [-0.39, 0.29) is 18.2 Å². The molecule has 0 saturated carbocycles. The van der Waals surface area contributed by atoms with Gasteiger partial charge in [-0.1, -0.05) is 12.1 Å². The molecule has 6 heteroatoms. The number of rotatable bonds is 4. The Kier molecular flexibility index (Phi) is 4.49. The van der Waals surface area contributed by atoms with Crippen molar-refractivity contribution in [1.82, 2.24) is 4.98 Å². The van der Waals surface area contributed by atoms with Crippen molar-refractivity contribution in [1.29, 1.82) is 0 Å². The fourth-order valence-corrected chi connectivity index (χ4v) is 3.37. The van der Waals surface area contributed by atoms with Crippen LogP contribution in [0.25, 0.3) is 10.2 Å². The van der Waals surface area contributed by atoms with Crippen molar-refractivity contribution >= 4 is 43.5 Å². The molecule has 2 aromatic carbocycles. The Morgan fingerprint density at radius 3 is 2.86 bits per heavy atom. The second-order valence-electron chi connectivity index (χ2n) is 4.62. The van der Waals surface area contributed by atoms with Crippen LogP contribution >= 0.6 is 27.3 Å². The fraction of sp³-hybridized carbons (Fsp3) is 0.125. The largest absolute Gasteiger partial charge is 0.425 e. The molecule has 0 atom stereocenters. The number of fused-ring (bicyclic) bond motifs is 1. The van der Waals surface area contributed by atoms with E-state index in [4.69, 9.17) is 4.74 Å². The zero-order valence-corrected chi connectivity index (χ0v) is 13.8. The Labute approximate surface area is 138 Å². The number of thiazole rings is 1. The zero-order valence-electron chi connectivity index (χ0n) is 11.4. The van der Waals surface area contributed by atoms with Crippen molar-refractivity contribution in [3.63, 3.8) is 0 Å². The summed E-state index contributed by atoms with van der Waals surface area (Å²) in [5, 5.41) is 0.899. The molecule has 22 heavy (non-hydrogen) atoms. The number of carbonyl (C=O) groups is 1. The quantitative estimate of drug-likeness (QED) is 0.485. The molecule has 0 unspecified atom stereocenters. The maximum Gasteiger partial charge on any atom is 0.311 e. The van der Waals surface area contributed by atoms with E-state index in [1.807, 2.05) is 24.3 Å². The lowest BCUT2D eigenvalue weighted by Gasteiger charge is -2.05. The standard InChI is InChI=1S/C16H11BrFNO2S/c17-11-9-10(18)5-6-13(11)21-16(20)8-7-15-19-12-3-1-2-4-14(12)22-15/h1-6,9H,7-8H2. The Hall–Kier alpha value is -1.79. The third-order valence-electron chi connectivity index (χ3n) is 3.00. The van der Waals surface area contributed by atoms with Crippen LogP contribution in [0.1, 0.15) is 11.4 Å². The van der Waals surface area contributed by atoms with Gasteiger partial charge in [0.25, 0.3) is 0 Å². The third kappa shape index (κ3) is 3.51. The number of nitrogens with zero attached hydrogens (tertiary/aromatic N) is 1. The normalized spacial score (nSPS) is 10.8. The number of benzene rings is 2. The summed E-state index contributed by atoms with van der Waals surface area (Å²) < 4.78 is 19.7. The molecule has 0 radical (unpaired) electrons. The summed E-state index contributed by atoms with van der Waals surface area (Å²) in [4.78, 5) is 16.4. The highest BCUT2D eigenvalue weighted by molar-refractivity contribution is 9.10. The summed E-state index contributed by atoms with van der Waals surface area (Å²) in [6.07, 6.45) is 0.751. The minimum atomic E-state index is -0.388. The van der Waals surface area contributed by atoms with Crippen LogP contribution in [0.2, 0.25) is 0 Å². The number of ether oxygens (including phenoxy) is 1. The topological polar surface area (TPSA) is 39.2 Å². The summed E-state index contributed by atoms with van der Waals surface area (Å²) in [5.74, 6) is -0.441. The van der Waals surface area contributed by atoms with E-state index in [1.165, 1.54) is 18.2 Å². The van der Waals surface area contributed by atoms with E-state index in [2.05, 4.69) is 20.9 Å². The molecule has 0 N–H and O–H groups in total. The molecule has 0 aliphatic carbocycles. The number of hydrogen-bond donors (Lipinski definition) is 0. The second kappa shape index (κ2) is 6.54. The van der Waals surface area contributed by atoms with Gasteiger partial charge in [0.1, 0.15) is 11.6 Å². The van der Waals surface area contributed by atoms with Crippen LogP contribution in [0.5, 0.6) is 5.75 Å². The molecule has 3 nitrogen and oxygen atoms in total. The van der Waals surface area contributed by atoms with Gasteiger partial charge in [-0.25, -0.2) is 9.37 Å². The van der Waals surface area contributed by atoms with Crippen LogP contribution in [-0.4, -0.2) is 11.0 Å². The van der Waals surface area contributed by atoms with E-state index in [9.17, 15) is 9.18 Å². The first-order chi connectivity index (χ1) is 10.6. The molecule has 1 heterocycles. The van der Waals surface area contributed by atoms with E-state index in [1.54, 1.807) is 11.3 Å². The lowest BCUT2D eigenvalue weighted by Crippen LogP contribution is -2.09. The zero-order chi connectivity index (χ0) is 15.5. The van der Waals surface area contributed by atoms with E-state index in [0.717, 1.165) is 15.2 Å². The molecule has 0 spiro atoms. The predicted octanol–water partition coefficient (Wildman–Crippen LogP) is 4.74. The average Bonchev–Trinajstić information content (AvgIpc) is 2.91. The van der Waals surface area contributed by atoms with Crippen LogP contribution in [0.15, 0.2) is 46.9 Å². The fourth-order valence-electron chi connectivity index (χ4n) is 1.97. The SMILES string of the molecule is O=C(CCc1nc2ccccc2s1)Oc1ccc(F)cc1Br. The lowest BCUT2D eigenvalue weighted by atomic mass is 10.3. The van der Waals surface area contributed by atoms with Gasteiger partial charge in [0.05, 0.1) is 26.1 Å². The van der Waals surface area contributed by atoms with Crippen LogP contribution in [-0.2, 0) is 11.2 Å². The van der Waals surface area contributed by atoms with Gasteiger partial charge in [0.2, 0.25) is 0 Å². The van der Waals surface area contributed by atoms with Gasteiger partial charge in [-0.05, 0) is 46.3 Å². The average molecular weight is 380 g/mol. The first-order valence-electron chi connectivity index (χ1n) is 6.62. The molecule has 112 valence electrons. The Bertz CT molecular complexity index is 801. The number of aromatic nitrogens is 1. The van der Waals surface area contributed by atoms with Crippen molar-refractivity contribution in [2.24, 2.45) is 0 Å². The number of para-hydroxylation sites is 1. The van der Waals surface area contributed by atoms with Crippen molar-refractivity contribution in [3.8, 4) is 5.75 Å². The lowest BCUT2D eigenvalue weighted by molar-refractivity contribution is -0.134. The van der Waals surface area contributed by atoms with Crippen molar-refractivity contribution in [3.05, 3.63) is 57.8 Å². The number of carbonyl (C=O) groups excluding carboxylic acids is 1. The number of halogens is 2. The van der Waals surface area contributed by atoms with Crippen molar-refractivity contribution < 1.29 is 13.9 Å². The molecule has 3 aromatic rings. The highest BCUT2D eigenvalue weighted by Gasteiger charge is 2.11. The van der Waals surface area contributed by atoms with Crippen molar-refractivity contribution in [2.45, 2.75) is 12.8 Å². The minimum absolute atomic E-state index is 0.226. The molecule has 0 saturated heterocycles. The molecular weight excluding hydrogens is 369 g/mol.